The van der Waals surface area contributed by atoms with E-state index in [2.05, 4.69) is 5.32 Å². The van der Waals surface area contributed by atoms with Crippen molar-refractivity contribution in [1.82, 2.24) is 4.90 Å². The fraction of sp³-hybridized carbons (Fsp3) is 0.130. The van der Waals surface area contributed by atoms with E-state index in [0.717, 1.165) is 11.1 Å². The summed E-state index contributed by atoms with van der Waals surface area (Å²) in [4.78, 5) is 28.0. The number of benzene rings is 3. The summed E-state index contributed by atoms with van der Waals surface area (Å²) in [5.74, 6) is -0.00817. The molecule has 146 valence electrons. The van der Waals surface area contributed by atoms with Crippen LogP contribution in [0.1, 0.15) is 27.5 Å². The molecule has 2 amide bonds. The lowest BCUT2D eigenvalue weighted by Gasteiger charge is -2.27. The molecular formula is C23H19ClN2O3. The molecule has 0 saturated heterocycles. The second kappa shape index (κ2) is 7.97. The van der Waals surface area contributed by atoms with Crippen LogP contribution in [-0.2, 0) is 11.3 Å². The Kier molecular flexibility index (Phi) is 5.23. The van der Waals surface area contributed by atoms with E-state index in [-0.39, 0.29) is 11.8 Å². The third-order valence-corrected chi connectivity index (χ3v) is 5.18. The first-order valence-corrected chi connectivity index (χ1v) is 9.54. The van der Waals surface area contributed by atoms with Crippen molar-refractivity contribution < 1.29 is 14.3 Å². The third-order valence-electron chi connectivity index (χ3n) is 4.94. The molecule has 0 saturated carbocycles. The van der Waals surface area contributed by atoms with Crippen LogP contribution in [0.25, 0.3) is 0 Å². The quantitative estimate of drug-likeness (QED) is 0.669. The van der Waals surface area contributed by atoms with E-state index in [1.165, 1.54) is 7.11 Å². The molecule has 3 aromatic carbocycles. The molecule has 1 N–H and O–H groups in total. The summed E-state index contributed by atoms with van der Waals surface area (Å²) in [7, 11) is 1.52. The molecule has 4 rings (SSSR count). The van der Waals surface area contributed by atoms with Gasteiger partial charge in [-0.2, -0.15) is 0 Å². The number of carbonyl (C=O) groups is 2. The zero-order valence-corrected chi connectivity index (χ0v) is 16.5. The Labute approximate surface area is 173 Å². The van der Waals surface area contributed by atoms with E-state index in [0.29, 0.717) is 28.6 Å². The largest absolute Gasteiger partial charge is 0.495 e. The monoisotopic (exact) mass is 406 g/mol. The maximum absolute atomic E-state index is 13.4. The minimum Gasteiger partial charge on any atom is -0.495 e. The highest BCUT2D eigenvalue weighted by molar-refractivity contribution is 6.31. The molecule has 0 fully saturated rings. The average Bonchev–Trinajstić information content (AvgIpc) is 3.06. The minimum atomic E-state index is -0.792. The fourth-order valence-electron chi connectivity index (χ4n) is 3.57. The maximum Gasteiger partial charge on any atom is 0.255 e. The van der Waals surface area contributed by atoms with Gasteiger partial charge in [-0.3, -0.25) is 9.59 Å². The Balaban J connectivity index is 1.70. The van der Waals surface area contributed by atoms with E-state index in [1.807, 2.05) is 48.5 Å². The molecule has 5 nitrogen and oxygen atoms in total. The number of amides is 2. The lowest BCUT2D eigenvalue weighted by Crippen LogP contribution is -2.37. The van der Waals surface area contributed by atoms with Gasteiger partial charge in [-0.05, 0) is 35.4 Å². The Hall–Kier alpha value is -3.31. The van der Waals surface area contributed by atoms with Crippen LogP contribution in [0.3, 0.4) is 0 Å². The van der Waals surface area contributed by atoms with Crippen LogP contribution in [0.2, 0.25) is 5.02 Å². The van der Waals surface area contributed by atoms with E-state index in [9.17, 15) is 9.59 Å². The molecule has 0 aliphatic carbocycles. The van der Waals surface area contributed by atoms with Gasteiger partial charge in [0.05, 0.1) is 12.8 Å². The summed E-state index contributed by atoms with van der Waals surface area (Å²) >= 11 is 6.09. The second-order valence-corrected chi connectivity index (χ2v) is 7.17. The van der Waals surface area contributed by atoms with Gasteiger partial charge < -0.3 is 15.0 Å². The van der Waals surface area contributed by atoms with Gasteiger partial charge in [-0.1, -0.05) is 60.1 Å². The molecular weight excluding hydrogens is 388 g/mol. The first-order valence-electron chi connectivity index (χ1n) is 9.16. The Morgan fingerprint density at radius 2 is 1.79 bits per heavy atom. The second-order valence-electron chi connectivity index (χ2n) is 6.74. The normalized spacial score (nSPS) is 13.7. The van der Waals surface area contributed by atoms with E-state index >= 15 is 0 Å². The van der Waals surface area contributed by atoms with Gasteiger partial charge in [0.2, 0.25) is 0 Å². The van der Waals surface area contributed by atoms with Crippen molar-refractivity contribution in [2.45, 2.75) is 12.6 Å². The van der Waals surface area contributed by atoms with Crippen molar-refractivity contribution in [3.05, 3.63) is 94.5 Å². The average molecular weight is 407 g/mol. The van der Waals surface area contributed by atoms with Gasteiger partial charge in [0.25, 0.3) is 11.8 Å². The van der Waals surface area contributed by atoms with Crippen molar-refractivity contribution >= 4 is 29.1 Å². The summed E-state index contributed by atoms with van der Waals surface area (Å²) in [5, 5.41) is 3.36. The number of rotatable bonds is 5. The van der Waals surface area contributed by atoms with Crippen molar-refractivity contribution in [3.63, 3.8) is 0 Å². The summed E-state index contributed by atoms with van der Waals surface area (Å²) < 4.78 is 5.33. The standard InChI is InChI=1S/C23H19ClN2O3/c1-29-20-12-11-17(24)13-19(20)25-22(27)21(15-7-3-2-4-8-15)26-14-16-9-5-6-10-18(16)23(26)28/h2-13,21H,14H2,1H3,(H,25,27)/t21-/m0/s1. The lowest BCUT2D eigenvalue weighted by molar-refractivity contribution is -0.120. The summed E-state index contributed by atoms with van der Waals surface area (Å²) in [6.45, 7) is 0.370. The number of methoxy groups -OCH3 is 1. The van der Waals surface area contributed by atoms with Crippen molar-refractivity contribution in [3.8, 4) is 5.75 Å². The number of anilines is 1. The predicted octanol–water partition coefficient (Wildman–Crippen LogP) is 4.68. The van der Waals surface area contributed by atoms with Crippen molar-refractivity contribution in [1.29, 1.82) is 0 Å². The zero-order chi connectivity index (χ0) is 20.4. The molecule has 1 aliphatic rings. The molecule has 0 aromatic heterocycles. The van der Waals surface area contributed by atoms with Crippen molar-refractivity contribution in [2.75, 3.05) is 12.4 Å². The van der Waals surface area contributed by atoms with Crippen molar-refractivity contribution in [2.24, 2.45) is 0 Å². The summed E-state index contributed by atoms with van der Waals surface area (Å²) in [5.41, 5.74) is 2.72. The van der Waals surface area contributed by atoms with Gasteiger partial charge in [0.15, 0.2) is 0 Å². The molecule has 0 unspecified atom stereocenters. The topological polar surface area (TPSA) is 58.6 Å². The van der Waals surface area contributed by atoms with E-state index in [1.54, 1.807) is 29.2 Å². The Morgan fingerprint density at radius 3 is 2.52 bits per heavy atom. The van der Waals surface area contributed by atoms with Gasteiger partial charge in [-0.15, -0.1) is 0 Å². The fourth-order valence-corrected chi connectivity index (χ4v) is 3.74. The summed E-state index contributed by atoms with van der Waals surface area (Å²) in [6, 6.07) is 20.9. The molecule has 1 atom stereocenters. The van der Waals surface area contributed by atoms with Gasteiger partial charge in [0.1, 0.15) is 11.8 Å². The zero-order valence-electron chi connectivity index (χ0n) is 15.8. The Morgan fingerprint density at radius 1 is 1.07 bits per heavy atom. The van der Waals surface area contributed by atoms with Crippen LogP contribution >= 0.6 is 11.6 Å². The molecule has 0 radical (unpaired) electrons. The number of nitrogens with one attached hydrogen (secondary N) is 1. The number of hydrogen-bond donors (Lipinski definition) is 1. The Bertz CT molecular complexity index is 1070. The number of carbonyl (C=O) groups excluding carboxylic acids is 2. The molecule has 29 heavy (non-hydrogen) atoms. The maximum atomic E-state index is 13.4. The molecule has 3 aromatic rings. The minimum absolute atomic E-state index is 0.164. The highest BCUT2D eigenvalue weighted by Crippen LogP contribution is 2.34. The van der Waals surface area contributed by atoms with Crippen LogP contribution in [0.4, 0.5) is 5.69 Å². The lowest BCUT2D eigenvalue weighted by atomic mass is 10.0. The first-order chi connectivity index (χ1) is 14.1. The first kappa shape index (κ1) is 19.0. The highest BCUT2D eigenvalue weighted by Gasteiger charge is 2.37. The van der Waals surface area contributed by atoms with Crippen LogP contribution in [-0.4, -0.2) is 23.8 Å². The van der Waals surface area contributed by atoms with Crippen LogP contribution < -0.4 is 10.1 Å². The molecule has 6 heteroatoms. The van der Waals surface area contributed by atoms with Crippen LogP contribution in [0.5, 0.6) is 5.75 Å². The molecule has 0 spiro atoms. The predicted molar refractivity (Wildman–Crippen MR) is 112 cm³/mol. The molecule has 1 aliphatic heterocycles. The van der Waals surface area contributed by atoms with Crippen LogP contribution in [0.15, 0.2) is 72.8 Å². The SMILES string of the molecule is COc1ccc(Cl)cc1NC(=O)[C@H](c1ccccc1)N1Cc2ccccc2C1=O. The number of halogens is 1. The van der Waals surface area contributed by atoms with Gasteiger partial charge >= 0.3 is 0 Å². The van der Waals surface area contributed by atoms with E-state index < -0.39 is 6.04 Å². The number of nitrogens with zero attached hydrogens (tertiary/aromatic N) is 1. The smallest absolute Gasteiger partial charge is 0.255 e. The number of hydrogen-bond acceptors (Lipinski definition) is 3. The van der Waals surface area contributed by atoms with Gasteiger partial charge in [-0.25, -0.2) is 0 Å². The van der Waals surface area contributed by atoms with Crippen LogP contribution in [0, 0.1) is 0 Å². The number of fused-ring (bicyclic) bond motifs is 1. The van der Waals surface area contributed by atoms with Gasteiger partial charge in [0, 0.05) is 17.1 Å². The number of ether oxygens (including phenoxy) is 1. The molecule has 1 heterocycles. The summed E-state index contributed by atoms with van der Waals surface area (Å²) in [6.07, 6.45) is 0. The highest BCUT2D eigenvalue weighted by atomic mass is 35.5. The molecule has 0 bridgehead atoms. The van der Waals surface area contributed by atoms with E-state index in [4.69, 9.17) is 16.3 Å². The third kappa shape index (κ3) is 3.69.